The lowest BCUT2D eigenvalue weighted by molar-refractivity contribution is 0.0531. The van der Waals surface area contributed by atoms with Crippen molar-refractivity contribution in [2.24, 2.45) is 5.41 Å². The Morgan fingerprint density at radius 1 is 1.39 bits per heavy atom. The van der Waals surface area contributed by atoms with Gasteiger partial charge in [0, 0.05) is 13.1 Å². The van der Waals surface area contributed by atoms with Gasteiger partial charge in [-0.05, 0) is 50.5 Å². The summed E-state index contributed by atoms with van der Waals surface area (Å²) in [4.78, 5) is 25.1. The third-order valence-corrected chi connectivity index (χ3v) is 6.27. The topological polar surface area (TPSA) is 55.3 Å². The smallest absolute Gasteiger partial charge is 0.348 e. The highest BCUT2D eigenvalue weighted by molar-refractivity contribution is 7.20. The summed E-state index contributed by atoms with van der Waals surface area (Å²) in [5, 5.41) is 1.03. The van der Waals surface area contributed by atoms with Crippen LogP contribution < -0.4 is 4.90 Å². The largest absolute Gasteiger partial charge is 0.462 e. The molecule has 2 aromatic rings. The van der Waals surface area contributed by atoms with Crippen molar-refractivity contribution >= 4 is 33.3 Å². The fraction of sp³-hybridized carbons (Fsp3) is 0.588. The Kier molecular flexibility index (Phi) is 3.52. The first kappa shape index (κ1) is 14.9. The molecule has 1 saturated heterocycles. The summed E-state index contributed by atoms with van der Waals surface area (Å²) in [6, 6.07) is 0. The minimum atomic E-state index is -0.253. The Morgan fingerprint density at radius 2 is 2.22 bits per heavy atom. The number of thiophene rings is 1. The predicted molar refractivity (Wildman–Crippen MR) is 91.2 cm³/mol. The number of aryl methyl sites for hydroxylation is 1. The number of piperidine rings is 1. The average molecular weight is 331 g/mol. The summed E-state index contributed by atoms with van der Waals surface area (Å²) in [6.45, 7) is 6.32. The normalized spacial score (nSPS) is 19.3. The van der Waals surface area contributed by atoms with Crippen LogP contribution in [0.2, 0.25) is 0 Å². The van der Waals surface area contributed by atoms with Crippen molar-refractivity contribution in [3.05, 3.63) is 16.8 Å². The Balaban J connectivity index is 1.76. The molecule has 1 aliphatic carbocycles. The van der Waals surface area contributed by atoms with Crippen molar-refractivity contribution < 1.29 is 9.53 Å². The summed E-state index contributed by atoms with van der Waals surface area (Å²) in [6.07, 6.45) is 6.87. The van der Waals surface area contributed by atoms with E-state index in [2.05, 4.69) is 14.9 Å². The number of hydrogen-bond donors (Lipinski definition) is 0. The van der Waals surface area contributed by atoms with Gasteiger partial charge in [0.2, 0.25) is 0 Å². The number of ether oxygens (including phenoxy) is 1. The molecule has 3 heterocycles. The minimum absolute atomic E-state index is 0.253. The van der Waals surface area contributed by atoms with E-state index in [1.165, 1.54) is 37.0 Å². The molecular weight excluding hydrogens is 310 g/mol. The summed E-state index contributed by atoms with van der Waals surface area (Å²) < 4.78 is 5.18. The fourth-order valence-corrected chi connectivity index (χ4v) is 4.69. The van der Waals surface area contributed by atoms with E-state index in [0.29, 0.717) is 16.9 Å². The van der Waals surface area contributed by atoms with E-state index >= 15 is 0 Å². The molecular formula is C17H21N3O2S. The average Bonchev–Trinajstić information content (AvgIpc) is 3.20. The second-order valence-electron chi connectivity index (χ2n) is 6.68. The van der Waals surface area contributed by atoms with Gasteiger partial charge in [0.1, 0.15) is 21.9 Å². The molecule has 2 fully saturated rings. The first-order valence-electron chi connectivity index (χ1n) is 8.30. The number of carbonyl (C=O) groups is 1. The van der Waals surface area contributed by atoms with Gasteiger partial charge in [-0.2, -0.15) is 0 Å². The first-order valence-corrected chi connectivity index (χ1v) is 9.11. The number of esters is 1. The molecule has 4 rings (SSSR count). The fourth-order valence-electron chi connectivity index (χ4n) is 3.66. The number of carbonyl (C=O) groups excluding carboxylic acids is 1. The van der Waals surface area contributed by atoms with Gasteiger partial charge in [-0.3, -0.25) is 0 Å². The van der Waals surface area contributed by atoms with Crippen molar-refractivity contribution in [1.82, 2.24) is 9.97 Å². The zero-order chi connectivity index (χ0) is 16.0. The maximum atomic E-state index is 12.2. The van der Waals surface area contributed by atoms with Crippen molar-refractivity contribution in [1.29, 1.82) is 0 Å². The lowest BCUT2D eigenvalue weighted by Crippen LogP contribution is -2.37. The van der Waals surface area contributed by atoms with Crippen molar-refractivity contribution in [2.45, 2.75) is 39.5 Å². The SMILES string of the molecule is CCOC(=O)c1sc2ncnc(N3CCCC4(CC4)C3)c2c1C. The van der Waals surface area contributed by atoms with Crippen molar-refractivity contribution in [3.8, 4) is 0 Å². The van der Waals surface area contributed by atoms with Gasteiger partial charge in [-0.25, -0.2) is 14.8 Å². The molecule has 0 aromatic carbocycles. The van der Waals surface area contributed by atoms with Gasteiger partial charge in [0.15, 0.2) is 0 Å². The second kappa shape index (κ2) is 5.44. The van der Waals surface area contributed by atoms with Crippen LogP contribution in [0.4, 0.5) is 5.82 Å². The summed E-state index contributed by atoms with van der Waals surface area (Å²) >= 11 is 1.41. The first-order chi connectivity index (χ1) is 11.1. The van der Waals surface area contributed by atoms with E-state index in [4.69, 9.17) is 4.74 Å². The molecule has 23 heavy (non-hydrogen) atoms. The molecule has 0 atom stereocenters. The standard InChI is InChI=1S/C17H21N3O2S/c1-3-22-16(21)13-11(2)12-14(18-10-19-15(12)23-13)20-8-4-5-17(9-20)6-7-17/h10H,3-9H2,1-2H3. The molecule has 6 heteroatoms. The molecule has 0 amide bonds. The van der Waals surface area contributed by atoms with Gasteiger partial charge in [-0.1, -0.05) is 0 Å². The van der Waals surface area contributed by atoms with Gasteiger partial charge >= 0.3 is 5.97 Å². The van der Waals surface area contributed by atoms with E-state index in [9.17, 15) is 4.79 Å². The van der Waals surface area contributed by atoms with Crippen LogP contribution in [-0.4, -0.2) is 35.6 Å². The molecule has 2 aromatic heterocycles. The number of rotatable bonds is 3. The van der Waals surface area contributed by atoms with E-state index in [0.717, 1.165) is 34.7 Å². The Labute approximate surface area is 139 Å². The number of anilines is 1. The lowest BCUT2D eigenvalue weighted by Gasteiger charge is -2.34. The zero-order valence-electron chi connectivity index (χ0n) is 13.6. The van der Waals surface area contributed by atoms with Crippen LogP contribution in [0.3, 0.4) is 0 Å². The Morgan fingerprint density at radius 3 is 2.96 bits per heavy atom. The molecule has 122 valence electrons. The van der Waals surface area contributed by atoms with Gasteiger partial charge in [0.05, 0.1) is 12.0 Å². The van der Waals surface area contributed by atoms with Crippen LogP contribution in [0.5, 0.6) is 0 Å². The highest BCUT2D eigenvalue weighted by atomic mass is 32.1. The zero-order valence-corrected chi connectivity index (χ0v) is 14.4. The summed E-state index contributed by atoms with van der Waals surface area (Å²) in [5.41, 5.74) is 1.48. The number of nitrogens with zero attached hydrogens (tertiary/aromatic N) is 3. The summed E-state index contributed by atoms with van der Waals surface area (Å²) in [7, 11) is 0. The summed E-state index contributed by atoms with van der Waals surface area (Å²) in [5.74, 6) is 0.738. The van der Waals surface area contributed by atoms with E-state index in [-0.39, 0.29) is 5.97 Å². The quantitative estimate of drug-likeness (QED) is 0.805. The Bertz CT molecular complexity index is 767. The minimum Gasteiger partial charge on any atom is -0.462 e. The van der Waals surface area contributed by atoms with Crippen LogP contribution in [0.25, 0.3) is 10.2 Å². The van der Waals surface area contributed by atoms with Crippen LogP contribution >= 0.6 is 11.3 Å². The van der Waals surface area contributed by atoms with Crippen molar-refractivity contribution in [3.63, 3.8) is 0 Å². The highest BCUT2D eigenvalue weighted by Gasteiger charge is 2.46. The third kappa shape index (κ3) is 2.49. The second-order valence-corrected chi connectivity index (χ2v) is 7.68. The van der Waals surface area contributed by atoms with Crippen molar-refractivity contribution in [2.75, 3.05) is 24.6 Å². The molecule has 0 radical (unpaired) electrons. The van der Waals surface area contributed by atoms with Gasteiger partial charge < -0.3 is 9.64 Å². The van der Waals surface area contributed by atoms with Crippen LogP contribution in [0.1, 0.15) is 47.8 Å². The third-order valence-electron chi connectivity index (χ3n) is 5.09. The molecule has 1 aliphatic heterocycles. The Hall–Kier alpha value is -1.69. The molecule has 2 aliphatic rings. The molecule has 1 saturated carbocycles. The van der Waals surface area contributed by atoms with E-state index < -0.39 is 0 Å². The van der Waals surface area contributed by atoms with Crippen LogP contribution in [0.15, 0.2) is 6.33 Å². The van der Waals surface area contributed by atoms with E-state index in [1.54, 1.807) is 6.33 Å². The molecule has 0 N–H and O–H groups in total. The molecule has 5 nitrogen and oxygen atoms in total. The number of aromatic nitrogens is 2. The molecule has 0 bridgehead atoms. The lowest BCUT2D eigenvalue weighted by atomic mass is 9.95. The van der Waals surface area contributed by atoms with Crippen LogP contribution in [0, 0.1) is 12.3 Å². The molecule has 1 spiro atoms. The molecule has 0 unspecified atom stereocenters. The van der Waals surface area contributed by atoms with Crippen LogP contribution in [-0.2, 0) is 4.74 Å². The van der Waals surface area contributed by atoms with E-state index in [1.807, 2.05) is 13.8 Å². The predicted octanol–water partition coefficient (Wildman–Crippen LogP) is 3.56. The van der Waals surface area contributed by atoms with Gasteiger partial charge in [0.25, 0.3) is 0 Å². The number of fused-ring (bicyclic) bond motifs is 1. The maximum absolute atomic E-state index is 12.2. The monoisotopic (exact) mass is 331 g/mol. The maximum Gasteiger partial charge on any atom is 0.348 e. The van der Waals surface area contributed by atoms with Gasteiger partial charge in [-0.15, -0.1) is 11.3 Å². The highest BCUT2D eigenvalue weighted by Crippen LogP contribution is 2.53. The number of hydrogen-bond acceptors (Lipinski definition) is 6.